The van der Waals surface area contributed by atoms with E-state index in [9.17, 15) is 14.4 Å². The van der Waals surface area contributed by atoms with Crippen LogP contribution in [0.5, 0.6) is 0 Å². The molecule has 3 N–H and O–H groups in total. The number of amides is 2. The SMILES string of the molecule is CCN1CCN([13CH2]C2CCCN2CC(=O)[15NH][13CH2][13CH2][13CH2][13C](=O)[15NH][13CH2][13CH2][13CH2][13C](=O)O)CC1. The van der Waals surface area contributed by atoms with Crippen LogP contribution in [0.15, 0.2) is 0 Å². The molecule has 0 spiro atoms. The average Bonchev–Trinajstić information content (AvgIpc) is 3.15. The zero-order valence-electron chi connectivity index (χ0n) is 18.4. The Kier molecular flexibility index (Phi) is 11.1. The molecule has 0 aromatic rings. The Morgan fingerprint density at radius 3 is 2.20 bits per heavy atom. The van der Waals surface area contributed by atoms with Gasteiger partial charge in [0.25, 0.3) is 0 Å². The molecule has 2 rings (SSSR count). The lowest BCUT2D eigenvalue weighted by Crippen LogP contribution is -2.51. The molecule has 0 aromatic carbocycles. The van der Waals surface area contributed by atoms with Crippen LogP contribution in [0.3, 0.4) is 0 Å². The molecule has 0 aliphatic carbocycles. The molecule has 0 aromatic heterocycles. The molecule has 0 saturated carbocycles. The monoisotopic (exact) mass is 436 g/mol. The van der Waals surface area contributed by atoms with Crippen molar-refractivity contribution in [3.8, 4) is 0 Å². The van der Waals surface area contributed by atoms with Crippen molar-refractivity contribution in [2.45, 2.75) is 51.5 Å². The first-order chi connectivity index (χ1) is 14.5. The van der Waals surface area contributed by atoms with Gasteiger partial charge in [-0.3, -0.25) is 24.2 Å². The number of likely N-dealkylation sites (N-methyl/N-ethyl adjacent to an activating group) is 1. The Hall–Kier alpha value is -1.71. The highest BCUT2D eigenvalue weighted by atomic mass is 16.5. The molecule has 0 bridgehead atoms. The van der Waals surface area contributed by atoms with Crippen LogP contribution in [0.2, 0.25) is 0 Å². The zero-order chi connectivity index (χ0) is 21.8. The van der Waals surface area contributed by atoms with Gasteiger partial charge in [-0.15, -0.1) is 0 Å². The topological polar surface area (TPSA) is 105 Å². The van der Waals surface area contributed by atoms with E-state index in [1.807, 2.05) is 0 Å². The molecule has 2 saturated heterocycles. The molecular weight excluding hydrogens is 397 g/mol. The standard InChI is InChI=1S/C21H39N5O4/c1-2-24-12-14-25(15-13-24)16-18-6-5-11-26(18)17-20(28)23-9-3-7-19(27)22-10-4-8-21(29)30/h18H,2-17H2,1H3,(H,22,27)(H,23,28)(H,29,30)/i3+1,4+1,7+1,8+1,9+1,10+1,16+1,19+1,21+1,22+1,23+1. The first kappa shape index (κ1) is 24.6. The third-order valence-corrected chi connectivity index (χ3v) is 6.02. The predicted molar refractivity (Wildman–Crippen MR) is 115 cm³/mol. The summed E-state index contributed by atoms with van der Waals surface area (Å²) in [7, 11) is 0. The number of nitrogens with one attached hydrogen (secondary N) is 2. The van der Waals surface area contributed by atoms with Gasteiger partial charge in [-0.1, -0.05) is 6.92 Å². The highest BCUT2D eigenvalue weighted by Gasteiger charge is 2.28. The molecule has 172 valence electrons. The lowest BCUT2D eigenvalue weighted by Gasteiger charge is -2.37. The van der Waals surface area contributed by atoms with Gasteiger partial charge < -0.3 is 20.6 Å². The Balaban J connectivity index is 1.55. The van der Waals surface area contributed by atoms with Gasteiger partial charge in [0.2, 0.25) is 11.8 Å². The molecule has 9 nitrogen and oxygen atoms in total. The van der Waals surface area contributed by atoms with E-state index in [4.69, 9.17) is 5.11 Å². The molecule has 1 unspecified atom stereocenters. The van der Waals surface area contributed by atoms with E-state index in [1.165, 1.54) is 0 Å². The van der Waals surface area contributed by atoms with Gasteiger partial charge in [-0.25, -0.2) is 0 Å². The van der Waals surface area contributed by atoms with Crippen LogP contribution in [0.25, 0.3) is 0 Å². The van der Waals surface area contributed by atoms with Gasteiger partial charge in [-0.2, -0.15) is 0 Å². The summed E-state index contributed by atoms with van der Waals surface area (Å²) in [5.41, 5.74) is 0. The van der Waals surface area contributed by atoms with Crippen molar-refractivity contribution in [3.63, 3.8) is 0 Å². The van der Waals surface area contributed by atoms with Gasteiger partial charge in [0, 0.05) is 64.7 Å². The molecule has 1 atom stereocenters. The number of aliphatic carboxylic acids is 1. The highest BCUT2D eigenvalue weighted by Crippen LogP contribution is 2.18. The number of likely N-dealkylation sites (tertiary alicyclic amines) is 1. The number of piperazine rings is 1. The van der Waals surface area contributed by atoms with Gasteiger partial charge in [0.15, 0.2) is 0 Å². The molecule has 2 aliphatic heterocycles. The Bertz CT molecular complexity index is 552. The van der Waals surface area contributed by atoms with Crippen molar-refractivity contribution in [3.05, 3.63) is 0 Å². The second-order valence-corrected chi connectivity index (χ2v) is 8.30. The van der Waals surface area contributed by atoms with Crippen LogP contribution in [-0.2, 0) is 14.4 Å². The Morgan fingerprint density at radius 1 is 0.900 bits per heavy atom. The lowest BCUT2D eigenvalue weighted by atomic mass is 10.3. The van der Waals surface area contributed by atoms with Gasteiger partial charge >= 0.3 is 5.97 Å². The van der Waals surface area contributed by atoms with Crippen molar-refractivity contribution >= 4 is 17.8 Å². The van der Waals surface area contributed by atoms with E-state index in [0.717, 1.165) is 58.7 Å². The fourth-order valence-electron chi connectivity index (χ4n) is 4.17. The molecule has 2 aliphatic rings. The van der Waals surface area contributed by atoms with Crippen molar-refractivity contribution < 1.29 is 19.5 Å². The van der Waals surface area contributed by atoms with Crippen molar-refractivity contribution in [2.75, 3.05) is 65.4 Å². The number of hydrogen-bond donors (Lipinski definition) is 3. The van der Waals surface area contributed by atoms with Gasteiger partial charge in [-0.05, 0) is 38.8 Å². The molecule has 30 heavy (non-hydrogen) atoms. The minimum Gasteiger partial charge on any atom is -0.481 e. The number of carbonyl (C=O) groups excluding carboxylic acids is 2. The largest absolute Gasteiger partial charge is 0.481 e. The van der Waals surface area contributed by atoms with E-state index < -0.39 is 5.97 Å². The average molecular weight is 436 g/mol. The number of carbonyl (C=O) groups is 3. The van der Waals surface area contributed by atoms with Crippen molar-refractivity contribution in [2.24, 2.45) is 0 Å². The number of carboxylic acid groups (broad SMARTS) is 1. The first-order valence-electron chi connectivity index (χ1n) is 11.4. The fraction of sp³-hybridized carbons (Fsp3) is 0.857. The van der Waals surface area contributed by atoms with Crippen LogP contribution in [0.1, 0.15) is 45.4 Å². The van der Waals surface area contributed by atoms with Crippen LogP contribution >= 0.6 is 0 Å². The summed E-state index contributed by atoms with van der Waals surface area (Å²) >= 11 is 0. The number of nitrogens with zero attached hydrogens (tertiary/aromatic N) is 3. The quantitative estimate of drug-likeness (QED) is 0.211. The second-order valence-electron chi connectivity index (χ2n) is 8.30. The number of hydrogen-bond acceptors (Lipinski definition) is 6. The van der Waals surface area contributed by atoms with Gasteiger partial charge in [0.1, 0.15) is 0 Å². The Labute approximate surface area is 180 Å². The summed E-state index contributed by atoms with van der Waals surface area (Å²) < 4.78 is 0. The summed E-state index contributed by atoms with van der Waals surface area (Å²) in [4.78, 5) is 41.7. The normalized spacial score (nSPS) is 20.9. The third-order valence-electron chi connectivity index (χ3n) is 6.02. The number of carboxylic acids is 1. The molecule has 2 heterocycles. The van der Waals surface area contributed by atoms with Crippen LogP contribution in [-0.4, -0.2) is 109 Å². The van der Waals surface area contributed by atoms with E-state index in [2.05, 4.69) is 32.3 Å². The minimum atomic E-state index is -0.855. The van der Waals surface area contributed by atoms with Crippen LogP contribution < -0.4 is 10.6 Å². The first-order valence-corrected chi connectivity index (χ1v) is 11.4. The summed E-state index contributed by atoms with van der Waals surface area (Å²) in [5.74, 6) is -0.928. The van der Waals surface area contributed by atoms with Gasteiger partial charge in [0.05, 0.1) is 6.54 Å². The summed E-state index contributed by atoms with van der Waals surface area (Å²) in [6.45, 7) is 11.1. The van der Waals surface area contributed by atoms with E-state index in [1.54, 1.807) is 0 Å². The molecule has 0 radical (unpaired) electrons. The summed E-state index contributed by atoms with van der Waals surface area (Å²) in [6.07, 6.45) is 3.72. The van der Waals surface area contributed by atoms with Crippen LogP contribution in [0, 0.1) is 0 Å². The minimum absolute atomic E-state index is 0.0274. The molecular formula is C21H39N5O4. The fourth-order valence-corrected chi connectivity index (χ4v) is 4.17. The highest BCUT2D eigenvalue weighted by molar-refractivity contribution is 5.78. The maximum absolute atomic E-state index is 12.3. The summed E-state index contributed by atoms with van der Waals surface area (Å²) in [5, 5.41) is 14.2. The predicted octanol–water partition coefficient (Wildman–Crippen LogP) is -0.0343. The smallest absolute Gasteiger partial charge is 0.303 e. The summed E-state index contributed by atoms with van der Waals surface area (Å²) in [6, 6.07) is 0.459. The van der Waals surface area contributed by atoms with Crippen molar-refractivity contribution in [1.29, 1.82) is 0 Å². The molecule has 2 fully saturated rings. The zero-order valence-corrected chi connectivity index (χ0v) is 18.4. The van der Waals surface area contributed by atoms with Crippen molar-refractivity contribution in [1.82, 2.24) is 25.3 Å². The lowest BCUT2D eigenvalue weighted by molar-refractivity contribution is -0.137. The van der Waals surface area contributed by atoms with E-state index in [-0.39, 0.29) is 18.2 Å². The third kappa shape index (κ3) is 9.40. The molecule has 9 heteroatoms. The van der Waals surface area contributed by atoms with E-state index >= 15 is 0 Å². The maximum atomic E-state index is 12.3. The number of rotatable bonds is 13. The van der Waals surface area contributed by atoms with E-state index in [0.29, 0.717) is 44.9 Å². The van der Waals surface area contributed by atoms with Crippen LogP contribution in [0.4, 0.5) is 0 Å². The molecule has 2 amide bonds. The Morgan fingerprint density at radius 2 is 1.53 bits per heavy atom. The maximum Gasteiger partial charge on any atom is 0.303 e. The second kappa shape index (κ2) is 13.6.